The summed E-state index contributed by atoms with van der Waals surface area (Å²) in [4.78, 5) is 12.8. The minimum atomic E-state index is -0.755. The number of fused-ring (bicyclic) bond motifs is 3. The van der Waals surface area contributed by atoms with E-state index in [2.05, 4.69) is 6.07 Å². The lowest BCUT2D eigenvalue weighted by Gasteiger charge is -2.26. The topological polar surface area (TPSA) is 108 Å². The molecule has 7 nitrogen and oxygen atoms in total. The first kappa shape index (κ1) is 17.5. The molecule has 1 aliphatic heterocycles. The van der Waals surface area contributed by atoms with Crippen LogP contribution in [-0.4, -0.2) is 14.2 Å². The summed E-state index contributed by atoms with van der Waals surface area (Å²) < 4.78 is 21.8. The summed E-state index contributed by atoms with van der Waals surface area (Å²) in [6, 6.07) is 14.2. The van der Waals surface area contributed by atoms with Crippen LogP contribution in [0.15, 0.2) is 63.1 Å². The summed E-state index contributed by atoms with van der Waals surface area (Å²) >= 11 is 0. The van der Waals surface area contributed by atoms with Crippen molar-refractivity contribution in [3.05, 3.63) is 75.5 Å². The molecule has 1 atom stereocenters. The zero-order chi connectivity index (χ0) is 19.8. The quantitative estimate of drug-likeness (QED) is 0.700. The fourth-order valence-electron chi connectivity index (χ4n) is 3.43. The van der Waals surface area contributed by atoms with Crippen LogP contribution in [0.4, 0.5) is 0 Å². The van der Waals surface area contributed by atoms with Crippen molar-refractivity contribution < 1.29 is 18.6 Å². The van der Waals surface area contributed by atoms with Crippen LogP contribution in [0.3, 0.4) is 0 Å². The molecule has 0 radical (unpaired) electrons. The summed E-state index contributed by atoms with van der Waals surface area (Å²) in [6.45, 7) is 0. The number of rotatable bonds is 3. The molecule has 0 saturated carbocycles. The van der Waals surface area contributed by atoms with Crippen molar-refractivity contribution in [3.8, 4) is 23.3 Å². The monoisotopic (exact) mass is 376 g/mol. The minimum Gasteiger partial charge on any atom is -0.493 e. The van der Waals surface area contributed by atoms with Gasteiger partial charge in [-0.3, -0.25) is 0 Å². The molecule has 28 heavy (non-hydrogen) atoms. The predicted molar refractivity (Wildman–Crippen MR) is 101 cm³/mol. The number of ether oxygens (including phenoxy) is 3. The highest BCUT2D eigenvalue weighted by Gasteiger charge is 2.35. The Kier molecular flexibility index (Phi) is 4.17. The smallest absolute Gasteiger partial charge is 0.344 e. The lowest BCUT2D eigenvalue weighted by Crippen LogP contribution is -2.26. The van der Waals surface area contributed by atoms with Gasteiger partial charge < -0.3 is 24.4 Å². The molecule has 0 bridgehead atoms. The fraction of sp³-hybridized carbons (Fsp3) is 0.143. The molecule has 3 aromatic rings. The first-order chi connectivity index (χ1) is 13.6. The van der Waals surface area contributed by atoms with E-state index in [-0.39, 0.29) is 17.0 Å². The SMILES string of the molecule is COc1ccc(C2C(C#N)=C(N)Oc3c2c(=O)oc2ccccc32)cc1OC. The van der Waals surface area contributed by atoms with Crippen LogP contribution in [0.1, 0.15) is 17.0 Å². The normalized spacial score (nSPS) is 15.5. The van der Waals surface area contributed by atoms with E-state index in [0.717, 1.165) is 0 Å². The van der Waals surface area contributed by atoms with Crippen LogP contribution < -0.4 is 25.6 Å². The van der Waals surface area contributed by atoms with Crippen molar-refractivity contribution in [3.63, 3.8) is 0 Å². The predicted octanol–water partition coefficient (Wildman–Crippen LogP) is 3.03. The van der Waals surface area contributed by atoms with Gasteiger partial charge >= 0.3 is 5.63 Å². The van der Waals surface area contributed by atoms with E-state index in [0.29, 0.717) is 33.8 Å². The van der Waals surface area contributed by atoms with Gasteiger partial charge in [-0.15, -0.1) is 0 Å². The number of benzene rings is 2. The Bertz CT molecular complexity index is 1220. The van der Waals surface area contributed by atoms with Crippen molar-refractivity contribution in [1.29, 1.82) is 5.26 Å². The minimum absolute atomic E-state index is 0.0504. The number of hydrogen-bond acceptors (Lipinski definition) is 7. The number of nitrogens with two attached hydrogens (primary N) is 1. The van der Waals surface area contributed by atoms with Crippen LogP contribution >= 0.6 is 0 Å². The summed E-state index contributed by atoms with van der Waals surface area (Å²) in [5.41, 5.74) is 6.81. The van der Waals surface area contributed by atoms with Gasteiger partial charge in [0.05, 0.1) is 31.1 Å². The maximum Gasteiger partial charge on any atom is 0.344 e. The van der Waals surface area contributed by atoms with E-state index < -0.39 is 11.5 Å². The van der Waals surface area contributed by atoms with E-state index in [9.17, 15) is 10.1 Å². The lowest BCUT2D eigenvalue weighted by molar-refractivity contribution is 0.354. The van der Waals surface area contributed by atoms with Crippen LogP contribution in [0.25, 0.3) is 11.0 Å². The second-order valence-electron chi connectivity index (χ2n) is 6.17. The molecule has 140 valence electrons. The summed E-state index contributed by atoms with van der Waals surface area (Å²) in [7, 11) is 3.04. The highest BCUT2D eigenvalue weighted by Crippen LogP contribution is 2.44. The summed E-state index contributed by atoms with van der Waals surface area (Å²) in [5.74, 6) is 0.483. The van der Waals surface area contributed by atoms with E-state index in [1.807, 2.05) is 0 Å². The highest BCUT2D eigenvalue weighted by atomic mass is 16.5. The Balaban J connectivity index is 2.04. The van der Waals surface area contributed by atoms with Crippen LogP contribution in [0, 0.1) is 11.3 Å². The van der Waals surface area contributed by atoms with Crippen molar-refractivity contribution >= 4 is 11.0 Å². The molecule has 0 amide bonds. The summed E-state index contributed by atoms with van der Waals surface area (Å²) in [6.07, 6.45) is 0. The van der Waals surface area contributed by atoms with Gasteiger partial charge in [-0.2, -0.15) is 5.26 Å². The van der Waals surface area contributed by atoms with Crippen LogP contribution in [0.5, 0.6) is 17.2 Å². The Morgan fingerprint density at radius 3 is 2.57 bits per heavy atom. The van der Waals surface area contributed by atoms with Gasteiger partial charge in [-0.05, 0) is 29.8 Å². The number of nitriles is 1. The van der Waals surface area contributed by atoms with Crippen molar-refractivity contribution in [2.24, 2.45) is 5.73 Å². The standard InChI is InChI=1S/C21H16N2O5/c1-25-15-8-7-11(9-16(15)26-2)17-13(10-22)20(23)28-19-12-5-3-4-6-14(12)27-21(24)18(17)19/h3-9,17H,23H2,1-2H3. The van der Waals surface area contributed by atoms with E-state index in [1.165, 1.54) is 14.2 Å². The third-order valence-electron chi connectivity index (χ3n) is 4.72. The number of nitrogens with zero attached hydrogens (tertiary/aromatic N) is 1. The van der Waals surface area contributed by atoms with Gasteiger partial charge in [0.1, 0.15) is 17.2 Å². The second-order valence-corrected chi connectivity index (χ2v) is 6.17. The Morgan fingerprint density at radius 1 is 1.11 bits per heavy atom. The van der Waals surface area contributed by atoms with E-state index in [1.54, 1.807) is 42.5 Å². The van der Waals surface area contributed by atoms with Gasteiger partial charge in [0.25, 0.3) is 0 Å². The number of methoxy groups -OCH3 is 2. The maximum absolute atomic E-state index is 12.8. The second kappa shape index (κ2) is 6.67. The number of para-hydroxylation sites is 1. The van der Waals surface area contributed by atoms with Gasteiger partial charge in [-0.1, -0.05) is 18.2 Å². The fourth-order valence-corrected chi connectivity index (χ4v) is 3.43. The molecule has 1 aromatic heterocycles. The molecule has 4 rings (SSSR count). The Labute approximate surface area is 160 Å². The zero-order valence-electron chi connectivity index (χ0n) is 15.2. The average molecular weight is 376 g/mol. The van der Waals surface area contributed by atoms with Gasteiger partial charge in [-0.25, -0.2) is 4.79 Å². The van der Waals surface area contributed by atoms with Crippen molar-refractivity contribution in [2.45, 2.75) is 5.92 Å². The maximum atomic E-state index is 12.8. The third kappa shape index (κ3) is 2.55. The molecular formula is C21H16N2O5. The molecule has 0 spiro atoms. The van der Waals surface area contributed by atoms with Gasteiger partial charge in [0.2, 0.25) is 5.88 Å². The van der Waals surface area contributed by atoms with Crippen LogP contribution in [0.2, 0.25) is 0 Å². The van der Waals surface area contributed by atoms with Gasteiger partial charge in [0, 0.05) is 0 Å². The number of hydrogen-bond donors (Lipinski definition) is 1. The molecule has 1 unspecified atom stereocenters. The molecule has 2 N–H and O–H groups in total. The lowest BCUT2D eigenvalue weighted by atomic mass is 9.83. The number of allylic oxidation sites excluding steroid dienone is 1. The Hall–Kier alpha value is -3.92. The molecule has 0 aliphatic carbocycles. The molecular weight excluding hydrogens is 360 g/mol. The molecule has 7 heteroatoms. The summed E-state index contributed by atoms with van der Waals surface area (Å²) in [5, 5.41) is 10.3. The van der Waals surface area contributed by atoms with E-state index in [4.69, 9.17) is 24.4 Å². The molecule has 2 aromatic carbocycles. The highest BCUT2D eigenvalue weighted by molar-refractivity contribution is 5.86. The third-order valence-corrected chi connectivity index (χ3v) is 4.72. The van der Waals surface area contributed by atoms with Gasteiger partial charge in [0.15, 0.2) is 17.2 Å². The van der Waals surface area contributed by atoms with Crippen LogP contribution in [-0.2, 0) is 0 Å². The average Bonchev–Trinajstić information content (AvgIpc) is 2.72. The first-order valence-electron chi connectivity index (χ1n) is 8.44. The zero-order valence-corrected chi connectivity index (χ0v) is 15.2. The van der Waals surface area contributed by atoms with Crippen molar-refractivity contribution in [1.82, 2.24) is 0 Å². The first-order valence-corrected chi connectivity index (χ1v) is 8.44. The van der Waals surface area contributed by atoms with E-state index >= 15 is 0 Å². The molecule has 1 aliphatic rings. The Morgan fingerprint density at radius 2 is 1.86 bits per heavy atom. The van der Waals surface area contributed by atoms with Crippen molar-refractivity contribution in [2.75, 3.05) is 14.2 Å². The molecule has 0 saturated heterocycles. The molecule has 2 heterocycles. The molecule has 0 fully saturated rings. The largest absolute Gasteiger partial charge is 0.493 e.